The van der Waals surface area contributed by atoms with Gasteiger partial charge in [0.2, 0.25) is 0 Å². The molecule has 4 N–H and O–H groups in total. The van der Waals surface area contributed by atoms with Crippen molar-refractivity contribution in [3.8, 4) is 11.3 Å². The van der Waals surface area contributed by atoms with Crippen LogP contribution in [0.3, 0.4) is 0 Å². The summed E-state index contributed by atoms with van der Waals surface area (Å²) in [6.45, 7) is 2.15. The third kappa shape index (κ3) is 2.79. The van der Waals surface area contributed by atoms with Crippen LogP contribution >= 0.6 is 0 Å². The Balaban J connectivity index is 1.53. The molecule has 8 heteroatoms. The molecule has 2 aromatic heterocycles. The van der Waals surface area contributed by atoms with E-state index in [1.165, 1.54) is 31.7 Å². The third-order valence-corrected chi connectivity index (χ3v) is 6.23. The molecule has 1 aliphatic carbocycles. The van der Waals surface area contributed by atoms with Crippen LogP contribution in [0.1, 0.15) is 38.1 Å². The zero-order valence-corrected chi connectivity index (χ0v) is 15.7. The topological polar surface area (TPSA) is 98.9 Å². The lowest BCUT2D eigenvalue weighted by Crippen LogP contribution is -2.45. The first-order valence-electron chi connectivity index (χ1n) is 9.90. The smallest absolute Gasteiger partial charge is 0.164 e. The first-order chi connectivity index (χ1) is 13.6. The van der Waals surface area contributed by atoms with Crippen LogP contribution in [-0.4, -0.2) is 43.8 Å². The van der Waals surface area contributed by atoms with Gasteiger partial charge in [0.05, 0.1) is 17.1 Å². The van der Waals surface area contributed by atoms with E-state index in [4.69, 9.17) is 16.6 Å². The van der Waals surface area contributed by atoms with Crippen LogP contribution in [0.5, 0.6) is 0 Å². The summed E-state index contributed by atoms with van der Waals surface area (Å²) in [7, 11) is 0. The van der Waals surface area contributed by atoms with Crippen LogP contribution in [0.25, 0.3) is 22.3 Å². The predicted molar refractivity (Wildman–Crippen MR) is 107 cm³/mol. The number of nitrogens with zero attached hydrogens (tertiary/aromatic N) is 5. The molecule has 1 aliphatic heterocycles. The number of hydrogen-bond donors (Lipinski definition) is 2. The van der Waals surface area contributed by atoms with Gasteiger partial charge in [-0.05, 0) is 37.8 Å². The molecule has 0 radical (unpaired) electrons. The van der Waals surface area contributed by atoms with E-state index in [2.05, 4.69) is 14.9 Å². The highest BCUT2D eigenvalue weighted by molar-refractivity contribution is 5.98. The fraction of sp³-hybridized carbons (Fsp3) is 0.450. The zero-order valence-electron chi connectivity index (χ0n) is 15.7. The molecule has 7 nitrogen and oxygen atoms in total. The molecule has 5 rings (SSSR count). The Bertz CT molecular complexity index is 1020. The second-order valence-electron chi connectivity index (χ2n) is 7.84. The summed E-state index contributed by atoms with van der Waals surface area (Å²) in [5.41, 5.74) is 13.8. The van der Waals surface area contributed by atoms with Gasteiger partial charge in [0.1, 0.15) is 23.7 Å². The number of aromatic nitrogens is 4. The molecule has 28 heavy (non-hydrogen) atoms. The first-order valence-corrected chi connectivity index (χ1v) is 9.90. The summed E-state index contributed by atoms with van der Waals surface area (Å²) in [6, 6.07) is 5.72. The van der Waals surface area contributed by atoms with E-state index in [0.717, 1.165) is 32.0 Å². The number of nitrogen functional groups attached to an aromatic ring is 2. The number of nitrogens with two attached hydrogens (primary N) is 2. The molecule has 0 amide bonds. The van der Waals surface area contributed by atoms with E-state index in [9.17, 15) is 4.39 Å². The Kier molecular flexibility index (Phi) is 4.16. The number of hydrogen-bond acceptors (Lipinski definition) is 6. The van der Waals surface area contributed by atoms with Crippen LogP contribution in [0.4, 0.5) is 15.9 Å². The average molecular weight is 381 g/mol. The molecule has 2 fully saturated rings. The first kappa shape index (κ1) is 17.4. The van der Waals surface area contributed by atoms with Crippen LogP contribution in [0.2, 0.25) is 0 Å². The van der Waals surface area contributed by atoms with E-state index >= 15 is 0 Å². The number of likely N-dealkylation sites (tertiary alicyclic amines) is 1. The molecule has 146 valence electrons. The van der Waals surface area contributed by atoms with E-state index in [1.807, 2.05) is 4.68 Å². The fourth-order valence-electron chi connectivity index (χ4n) is 4.37. The number of fused-ring (bicyclic) bond motifs is 1. The Hall–Kier alpha value is -2.74. The monoisotopic (exact) mass is 381 g/mol. The van der Waals surface area contributed by atoms with Crippen molar-refractivity contribution in [3.63, 3.8) is 0 Å². The number of anilines is 2. The second kappa shape index (κ2) is 6.70. The molecule has 3 aromatic rings. The summed E-state index contributed by atoms with van der Waals surface area (Å²) in [6.07, 6.45) is 7.51. The van der Waals surface area contributed by atoms with Crippen molar-refractivity contribution < 1.29 is 4.39 Å². The highest BCUT2D eigenvalue weighted by Gasteiger charge is 2.31. The van der Waals surface area contributed by atoms with Gasteiger partial charge in [-0.2, -0.15) is 5.10 Å². The minimum Gasteiger partial charge on any atom is -0.396 e. The Morgan fingerprint density at radius 2 is 1.79 bits per heavy atom. The van der Waals surface area contributed by atoms with Crippen LogP contribution in [0.15, 0.2) is 24.5 Å². The summed E-state index contributed by atoms with van der Waals surface area (Å²) in [5, 5.41) is 5.50. The van der Waals surface area contributed by atoms with Crippen LogP contribution < -0.4 is 11.5 Å². The number of piperidine rings is 1. The summed E-state index contributed by atoms with van der Waals surface area (Å²) >= 11 is 0. The van der Waals surface area contributed by atoms with E-state index in [-0.39, 0.29) is 11.7 Å². The van der Waals surface area contributed by atoms with Gasteiger partial charge in [-0.3, -0.25) is 0 Å². The molecule has 1 saturated carbocycles. The second-order valence-corrected chi connectivity index (χ2v) is 7.84. The predicted octanol–water partition coefficient (Wildman–Crippen LogP) is 2.99. The molecule has 0 unspecified atom stereocenters. The standard InChI is InChI=1S/C20H24FN7/c21-15-10-12(4-5-16(15)22)18-17-19(23)24-11-25-20(17)28(26-18)14-6-8-27(9-7-14)13-2-1-3-13/h4-5,10-11,13-14H,1-3,6-9,22H2,(H2,23,24,25). The van der Waals surface area contributed by atoms with Crippen molar-refractivity contribution in [2.24, 2.45) is 0 Å². The van der Waals surface area contributed by atoms with Gasteiger partial charge in [0.25, 0.3) is 0 Å². The lowest BCUT2D eigenvalue weighted by atomic mass is 9.89. The zero-order chi connectivity index (χ0) is 19.3. The van der Waals surface area contributed by atoms with Crippen molar-refractivity contribution in [1.82, 2.24) is 24.6 Å². The maximum Gasteiger partial charge on any atom is 0.164 e. The van der Waals surface area contributed by atoms with E-state index in [0.29, 0.717) is 28.1 Å². The quantitative estimate of drug-likeness (QED) is 0.677. The van der Waals surface area contributed by atoms with Gasteiger partial charge < -0.3 is 16.4 Å². The minimum atomic E-state index is -0.468. The van der Waals surface area contributed by atoms with Crippen molar-refractivity contribution in [2.75, 3.05) is 24.6 Å². The van der Waals surface area contributed by atoms with Gasteiger partial charge in [0, 0.05) is 24.7 Å². The van der Waals surface area contributed by atoms with Crippen LogP contribution in [-0.2, 0) is 0 Å². The Morgan fingerprint density at radius 1 is 1.00 bits per heavy atom. The van der Waals surface area contributed by atoms with Gasteiger partial charge in [0.15, 0.2) is 5.65 Å². The molecular formula is C20H24FN7. The number of benzene rings is 1. The Morgan fingerprint density at radius 3 is 2.46 bits per heavy atom. The summed E-state index contributed by atoms with van der Waals surface area (Å²) in [5.74, 6) is -0.111. The molecule has 0 bridgehead atoms. The number of rotatable bonds is 3. The molecule has 0 spiro atoms. The molecule has 2 aliphatic rings. The van der Waals surface area contributed by atoms with Gasteiger partial charge in [-0.25, -0.2) is 19.0 Å². The van der Waals surface area contributed by atoms with E-state index in [1.54, 1.807) is 12.1 Å². The highest BCUT2D eigenvalue weighted by Crippen LogP contribution is 2.36. The third-order valence-electron chi connectivity index (χ3n) is 6.23. The van der Waals surface area contributed by atoms with Crippen LogP contribution in [0, 0.1) is 5.82 Å². The molecule has 3 heterocycles. The highest BCUT2D eigenvalue weighted by atomic mass is 19.1. The SMILES string of the molecule is Nc1ccc(-c2nn(C3CCN(C4CCC4)CC3)c3ncnc(N)c23)cc1F. The van der Waals surface area contributed by atoms with Gasteiger partial charge >= 0.3 is 0 Å². The van der Waals surface area contributed by atoms with Crippen molar-refractivity contribution in [1.29, 1.82) is 0 Å². The Labute approximate surface area is 162 Å². The van der Waals surface area contributed by atoms with Crippen molar-refractivity contribution >= 4 is 22.5 Å². The molecule has 0 atom stereocenters. The summed E-state index contributed by atoms with van der Waals surface area (Å²) in [4.78, 5) is 11.2. The molecule has 1 aromatic carbocycles. The lowest BCUT2D eigenvalue weighted by molar-refractivity contribution is 0.0850. The largest absolute Gasteiger partial charge is 0.396 e. The average Bonchev–Trinajstić information content (AvgIpc) is 3.04. The fourth-order valence-corrected chi connectivity index (χ4v) is 4.37. The van der Waals surface area contributed by atoms with Gasteiger partial charge in [-0.15, -0.1) is 0 Å². The maximum absolute atomic E-state index is 14.1. The summed E-state index contributed by atoms with van der Waals surface area (Å²) < 4.78 is 16.0. The van der Waals surface area contributed by atoms with Crippen molar-refractivity contribution in [3.05, 3.63) is 30.3 Å². The van der Waals surface area contributed by atoms with Crippen molar-refractivity contribution in [2.45, 2.75) is 44.2 Å². The molecular weight excluding hydrogens is 357 g/mol. The maximum atomic E-state index is 14.1. The van der Waals surface area contributed by atoms with E-state index < -0.39 is 5.82 Å². The minimum absolute atomic E-state index is 0.111. The van der Waals surface area contributed by atoms with Gasteiger partial charge in [-0.1, -0.05) is 12.5 Å². The molecule has 1 saturated heterocycles. The normalized spacial score (nSPS) is 19.2. The number of halogens is 1. The lowest BCUT2D eigenvalue weighted by Gasteiger charge is -2.41.